The summed E-state index contributed by atoms with van der Waals surface area (Å²) in [7, 11) is 0. The van der Waals surface area contributed by atoms with Gasteiger partial charge in [-0.2, -0.15) is 13.2 Å². The Morgan fingerprint density at radius 2 is 1.90 bits per heavy atom. The second kappa shape index (κ2) is 6.47. The van der Waals surface area contributed by atoms with Crippen molar-refractivity contribution >= 4 is 5.91 Å². The fourth-order valence-corrected chi connectivity index (χ4v) is 2.27. The van der Waals surface area contributed by atoms with Gasteiger partial charge < -0.3 is 10.6 Å². The number of nitrogens with two attached hydrogens (primary N) is 1. The second-order valence-corrected chi connectivity index (χ2v) is 5.56. The van der Waals surface area contributed by atoms with Crippen LogP contribution in [0.4, 0.5) is 13.2 Å². The number of hydrogen-bond donors (Lipinski definition) is 1. The Kier molecular flexibility index (Phi) is 4.88. The fourth-order valence-electron chi connectivity index (χ4n) is 2.27. The first-order valence-electron chi connectivity index (χ1n) is 6.99. The molecule has 21 heavy (non-hydrogen) atoms. The third-order valence-corrected chi connectivity index (χ3v) is 3.58. The summed E-state index contributed by atoms with van der Waals surface area (Å²) in [5, 5.41) is 0. The molecule has 1 amide bonds. The van der Waals surface area contributed by atoms with Crippen LogP contribution >= 0.6 is 0 Å². The average molecular weight is 300 g/mol. The predicted octanol–water partition coefficient (Wildman–Crippen LogP) is 2.70. The van der Waals surface area contributed by atoms with Gasteiger partial charge in [0.25, 0.3) is 0 Å². The minimum Gasteiger partial charge on any atom is -0.329 e. The van der Waals surface area contributed by atoms with Gasteiger partial charge in [-0.05, 0) is 24.3 Å². The quantitative estimate of drug-likeness (QED) is 0.878. The van der Waals surface area contributed by atoms with E-state index < -0.39 is 18.6 Å². The molecule has 1 aromatic carbocycles. The van der Waals surface area contributed by atoms with Gasteiger partial charge >= 0.3 is 6.18 Å². The summed E-state index contributed by atoms with van der Waals surface area (Å²) in [4.78, 5) is 13.0. The third-order valence-electron chi connectivity index (χ3n) is 3.58. The van der Waals surface area contributed by atoms with Crippen molar-refractivity contribution in [3.05, 3.63) is 35.9 Å². The molecule has 1 aliphatic carbocycles. The van der Waals surface area contributed by atoms with Gasteiger partial charge in [0.1, 0.15) is 6.54 Å². The number of halogens is 3. The average Bonchev–Trinajstić information content (AvgIpc) is 3.21. The van der Waals surface area contributed by atoms with Gasteiger partial charge in [-0.3, -0.25) is 4.79 Å². The molecule has 1 atom stereocenters. The van der Waals surface area contributed by atoms with Crippen molar-refractivity contribution in [2.45, 2.75) is 38.0 Å². The number of amides is 1. The van der Waals surface area contributed by atoms with Gasteiger partial charge in [-0.25, -0.2) is 0 Å². The van der Waals surface area contributed by atoms with Crippen LogP contribution < -0.4 is 5.73 Å². The zero-order chi connectivity index (χ0) is 15.5. The molecular formula is C15H19F3N2O. The van der Waals surface area contributed by atoms with Crippen LogP contribution in [-0.2, 0) is 11.3 Å². The van der Waals surface area contributed by atoms with E-state index in [1.165, 1.54) is 0 Å². The van der Waals surface area contributed by atoms with Crippen molar-refractivity contribution in [3.63, 3.8) is 0 Å². The third kappa shape index (κ3) is 5.38. The molecule has 1 unspecified atom stereocenters. The maximum absolute atomic E-state index is 12.7. The molecule has 0 spiro atoms. The highest BCUT2D eigenvalue weighted by Crippen LogP contribution is 2.33. The molecule has 0 aliphatic heterocycles. The van der Waals surface area contributed by atoms with Gasteiger partial charge in [0.15, 0.2) is 0 Å². The number of rotatable bonds is 6. The number of carbonyl (C=O) groups is 1. The van der Waals surface area contributed by atoms with E-state index in [1.54, 1.807) is 30.3 Å². The molecule has 1 aliphatic rings. The minimum absolute atomic E-state index is 0.0203. The van der Waals surface area contributed by atoms with Crippen LogP contribution in [0.15, 0.2) is 30.3 Å². The lowest BCUT2D eigenvalue weighted by Gasteiger charge is -2.25. The molecule has 1 saturated carbocycles. The topological polar surface area (TPSA) is 46.3 Å². The van der Waals surface area contributed by atoms with Crippen LogP contribution in [0.5, 0.6) is 0 Å². The second-order valence-electron chi connectivity index (χ2n) is 5.56. The Balaban J connectivity index is 2.01. The number of hydrogen-bond acceptors (Lipinski definition) is 2. The van der Waals surface area contributed by atoms with Crippen molar-refractivity contribution in [2.24, 2.45) is 11.7 Å². The Morgan fingerprint density at radius 3 is 2.43 bits per heavy atom. The lowest BCUT2D eigenvalue weighted by Crippen LogP contribution is -2.41. The molecule has 116 valence electrons. The molecule has 0 heterocycles. The van der Waals surface area contributed by atoms with Crippen molar-refractivity contribution < 1.29 is 18.0 Å². The first kappa shape index (κ1) is 15.8. The first-order chi connectivity index (χ1) is 9.85. The highest BCUT2D eigenvalue weighted by atomic mass is 19.4. The Labute approximate surface area is 121 Å². The van der Waals surface area contributed by atoms with Gasteiger partial charge in [-0.15, -0.1) is 0 Å². The largest absolute Gasteiger partial charge is 0.406 e. The van der Waals surface area contributed by atoms with Crippen LogP contribution in [0.1, 0.15) is 24.8 Å². The summed E-state index contributed by atoms with van der Waals surface area (Å²) >= 11 is 0. The van der Waals surface area contributed by atoms with Gasteiger partial charge in [0.05, 0.1) is 0 Å². The maximum Gasteiger partial charge on any atom is 0.406 e. The van der Waals surface area contributed by atoms with E-state index in [0.717, 1.165) is 17.7 Å². The minimum atomic E-state index is -4.41. The number of benzene rings is 1. The standard InChI is InChI=1S/C15H19F3N2O/c16-15(17,18)10-20(9-11-4-2-1-3-5-11)14(21)8-13(19)12-6-7-12/h1-5,12-13H,6-10,19H2. The monoisotopic (exact) mass is 300 g/mol. The number of carbonyl (C=O) groups excluding carboxylic acids is 1. The molecule has 0 bridgehead atoms. The van der Waals surface area contributed by atoms with Crippen molar-refractivity contribution in [3.8, 4) is 0 Å². The van der Waals surface area contributed by atoms with E-state index in [9.17, 15) is 18.0 Å². The van der Waals surface area contributed by atoms with E-state index in [2.05, 4.69) is 0 Å². The number of alkyl halides is 3. The normalized spacial score (nSPS) is 16.6. The van der Waals surface area contributed by atoms with Crippen LogP contribution in [0.2, 0.25) is 0 Å². The summed E-state index contributed by atoms with van der Waals surface area (Å²) < 4.78 is 38.0. The molecule has 2 rings (SSSR count). The summed E-state index contributed by atoms with van der Waals surface area (Å²) in [5.74, 6) is -0.242. The molecule has 0 radical (unpaired) electrons. The Hall–Kier alpha value is -1.56. The van der Waals surface area contributed by atoms with E-state index in [4.69, 9.17) is 5.73 Å². The van der Waals surface area contributed by atoms with Crippen molar-refractivity contribution in [1.29, 1.82) is 0 Å². The summed E-state index contributed by atoms with van der Waals surface area (Å²) in [6, 6.07) is 8.34. The SMILES string of the molecule is NC(CC(=O)N(Cc1ccccc1)CC(F)(F)F)C1CC1. The zero-order valence-corrected chi connectivity index (χ0v) is 11.6. The molecule has 1 fully saturated rings. The van der Waals surface area contributed by atoms with Crippen LogP contribution in [0.25, 0.3) is 0 Å². The Morgan fingerprint density at radius 1 is 1.29 bits per heavy atom. The molecule has 2 N–H and O–H groups in total. The van der Waals surface area contributed by atoms with Crippen molar-refractivity contribution in [2.75, 3.05) is 6.54 Å². The molecular weight excluding hydrogens is 281 g/mol. The molecule has 1 aromatic rings. The smallest absolute Gasteiger partial charge is 0.329 e. The predicted molar refractivity (Wildman–Crippen MR) is 73.2 cm³/mol. The fraction of sp³-hybridized carbons (Fsp3) is 0.533. The van der Waals surface area contributed by atoms with E-state index in [0.29, 0.717) is 11.5 Å². The van der Waals surface area contributed by atoms with Crippen LogP contribution in [-0.4, -0.2) is 29.6 Å². The van der Waals surface area contributed by atoms with E-state index in [-0.39, 0.29) is 19.0 Å². The summed E-state index contributed by atoms with van der Waals surface area (Å²) in [5.41, 5.74) is 6.52. The molecule has 0 saturated heterocycles. The van der Waals surface area contributed by atoms with Crippen LogP contribution in [0.3, 0.4) is 0 Å². The van der Waals surface area contributed by atoms with Crippen molar-refractivity contribution in [1.82, 2.24) is 4.90 Å². The van der Waals surface area contributed by atoms with Gasteiger partial charge in [0.2, 0.25) is 5.91 Å². The van der Waals surface area contributed by atoms with Crippen LogP contribution in [0, 0.1) is 5.92 Å². The zero-order valence-electron chi connectivity index (χ0n) is 11.6. The lowest BCUT2D eigenvalue weighted by molar-refractivity contribution is -0.162. The van der Waals surface area contributed by atoms with E-state index >= 15 is 0 Å². The lowest BCUT2D eigenvalue weighted by atomic mass is 10.1. The van der Waals surface area contributed by atoms with Gasteiger partial charge in [-0.1, -0.05) is 30.3 Å². The summed E-state index contributed by atoms with van der Waals surface area (Å²) in [6.07, 6.45) is -2.50. The summed E-state index contributed by atoms with van der Waals surface area (Å²) in [6.45, 7) is -1.28. The highest BCUT2D eigenvalue weighted by molar-refractivity contribution is 5.77. The first-order valence-corrected chi connectivity index (χ1v) is 6.99. The van der Waals surface area contributed by atoms with Gasteiger partial charge in [0, 0.05) is 19.0 Å². The molecule has 0 aromatic heterocycles. The molecule has 3 nitrogen and oxygen atoms in total. The number of nitrogens with zero attached hydrogens (tertiary/aromatic N) is 1. The molecule has 6 heteroatoms. The van der Waals surface area contributed by atoms with E-state index in [1.807, 2.05) is 0 Å². The highest BCUT2D eigenvalue weighted by Gasteiger charge is 2.35. The Bertz CT molecular complexity index is 472. The maximum atomic E-state index is 12.7.